The molecule has 1 amide bonds. The van der Waals surface area contributed by atoms with E-state index in [2.05, 4.69) is 11.9 Å². The van der Waals surface area contributed by atoms with Gasteiger partial charge in [0.1, 0.15) is 0 Å². The maximum atomic E-state index is 10.5. The average Bonchev–Trinajstić information content (AvgIpc) is 1.85. The maximum absolute atomic E-state index is 10.5. The zero-order valence-electron chi connectivity index (χ0n) is 5.26. The second-order valence-electron chi connectivity index (χ2n) is 1.60. The molecule has 0 unspecified atom stereocenters. The summed E-state index contributed by atoms with van der Waals surface area (Å²) in [5, 5.41) is 10.7. The SMILES string of the molecule is C=CNC(=O)CCCO. The van der Waals surface area contributed by atoms with Gasteiger partial charge in [-0.15, -0.1) is 0 Å². The lowest BCUT2D eigenvalue weighted by Gasteiger charge is -1.95. The van der Waals surface area contributed by atoms with Gasteiger partial charge in [0, 0.05) is 13.0 Å². The van der Waals surface area contributed by atoms with E-state index >= 15 is 0 Å². The van der Waals surface area contributed by atoms with Gasteiger partial charge in [0.15, 0.2) is 0 Å². The van der Waals surface area contributed by atoms with Crippen LogP contribution in [-0.4, -0.2) is 17.6 Å². The summed E-state index contributed by atoms with van der Waals surface area (Å²) >= 11 is 0. The summed E-state index contributed by atoms with van der Waals surface area (Å²) in [5.74, 6) is -0.0981. The second kappa shape index (κ2) is 5.31. The van der Waals surface area contributed by atoms with Gasteiger partial charge in [-0.1, -0.05) is 6.58 Å². The molecule has 0 aromatic rings. The molecule has 0 spiro atoms. The number of aliphatic hydroxyl groups is 1. The second-order valence-corrected chi connectivity index (χ2v) is 1.60. The average molecular weight is 129 g/mol. The van der Waals surface area contributed by atoms with E-state index in [4.69, 9.17) is 5.11 Å². The van der Waals surface area contributed by atoms with Crippen molar-refractivity contribution in [3.63, 3.8) is 0 Å². The van der Waals surface area contributed by atoms with E-state index in [1.54, 1.807) is 0 Å². The first-order valence-electron chi connectivity index (χ1n) is 2.82. The first-order valence-corrected chi connectivity index (χ1v) is 2.82. The molecule has 2 N–H and O–H groups in total. The fourth-order valence-corrected chi connectivity index (χ4v) is 0.426. The predicted molar refractivity (Wildman–Crippen MR) is 34.7 cm³/mol. The third-order valence-electron chi connectivity index (χ3n) is 0.825. The fourth-order valence-electron chi connectivity index (χ4n) is 0.426. The van der Waals surface area contributed by atoms with Crippen LogP contribution in [0.15, 0.2) is 12.8 Å². The minimum absolute atomic E-state index is 0.0601. The number of hydrogen-bond acceptors (Lipinski definition) is 2. The molecule has 3 nitrogen and oxygen atoms in total. The van der Waals surface area contributed by atoms with E-state index in [-0.39, 0.29) is 12.5 Å². The standard InChI is InChI=1S/C6H11NO2/c1-2-7-6(9)4-3-5-8/h2,8H,1,3-5H2,(H,7,9). The fraction of sp³-hybridized carbons (Fsp3) is 0.500. The minimum Gasteiger partial charge on any atom is -0.396 e. The van der Waals surface area contributed by atoms with Gasteiger partial charge in [0.05, 0.1) is 0 Å². The number of amides is 1. The van der Waals surface area contributed by atoms with E-state index in [0.717, 1.165) is 0 Å². The molecule has 0 aromatic heterocycles. The van der Waals surface area contributed by atoms with Crippen LogP contribution in [0.3, 0.4) is 0 Å². The number of aliphatic hydroxyl groups excluding tert-OH is 1. The van der Waals surface area contributed by atoms with Crippen LogP contribution in [0.25, 0.3) is 0 Å². The molecular formula is C6H11NO2. The molecule has 0 atom stereocenters. The zero-order valence-corrected chi connectivity index (χ0v) is 5.26. The first kappa shape index (κ1) is 8.17. The van der Waals surface area contributed by atoms with Crippen molar-refractivity contribution >= 4 is 5.91 Å². The van der Waals surface area contributed by atoms with Gasteiger partial charge in [0.25, 0.3) is 0 Å². The molecule has 9 heavy (non-hydrogen) atoms. The van der Waals surface area contributed by atoms with Crippen molar-refractivity contribution in [2.75, 3.05) is 6.61 Å². The van der Waals surface area contributed by atoms with Crippen molar-refractivity contribution in [3.8, 4) is 0 Å². The highest BCUT2D eigenvalue weighted by Gasteiger charge is 1.94. The number of carbonyl (C=O) groups excluding carboxylic acids is 1. The van der Waals surface area contributed by atoms with Crippen molar-refractivity contribution < 1.29 is 9.90 Å². The lowest BCUT2D eigenvalue weighted by molar-refractivity contribution is -0.120. The van der Waals surface area contributed by atoms with Gasteiger partial charge >= 0.3 is 0 Å². The van der Waals surface area contributed by atoms with E-state index in [9.17, 15) is 4.79 Å². The maximum Gasteiger partial charge on any atom is 0.223 e. The molecule has 0 fully saturated rings. The number of carbonyl (C=O) groups is 1. The normalized spacial score (nSPS) is 8.56. The molecule has 0 aliphatic rings. The Hall–Kier alpha value is -0.830. The van der Waals surface area contributed by atoms with Crippen LogP contribution in [0.4, 0.5) is 0 Å². The molecule has 3 heteroatoms. The van der Waals surface area contributed by atoms with E-state index in [1.165, 1.54) is 6.20 Å². The van der Waals surface area contributed by atoms with Crippen LogP contribution >= 0.6 is 0 Å². The summed E-state index contributed by atoms with van der Waals surface area (Å²) in [6.45, 7) is 3.37. The van der Waals surface area contributed by atoms with Crippen molar-refractivity contribution in [3.05, 3.63) is 12.8 Å². The molecule has 0 aromatic carbocycles. The van der Waals surface area contributed by atoms with Crippen LogP contribution in [0.5, 0.6) is 0 Å². The van der Waals surface area contributed by atoms with E-state index in [0.29, 0.717) is 12.8 Å². The summed E-state index contributed by atoms with van der Waals surface area (Å²) in [5.41, 5.74) is 0. The van der Waals surface area contributed by atoms with E-state index in [1.807, 2.05) is 0 Å². The highest BCUT2D eigenvalue weighted by Crippen LogP contribution is 1.85. The molecule has 0 bridgehead atoms. The molecule has 0 saturated heterocycles. The van der Waals surface area contributed by atoms with Crippen LogP contribution in [0.1, 0.15) is 12.8 Å². The largest absolute Gasteiger partial charge is 0.396 e. The lowest BCUT2D eigenvalue weighted by atomic mass is 10.3. The lowest BCUT2D eigenvalue weighted by Crippen LogP contribution is -2.16. The molecule has 0 rings (SSSR count). The number of hydrogen-bond donors (Lipinski definition) is 2. The number of rotatable bonds is 4. The Morgan fingerprint density at radius 2 is 2.44 bits per heavy atom. The van der Waals surface area contributed by atoms with Gasteiger partial charge in [0.2, 0.25) is 5.91 Å². The Balaban J connectivity index is 3.16. The van der Waals surface area contributed by atoms with Gasteiger partial charge in [-0.25, -0.2) is 0 Å². The number of nitrogens with one attached hydrogen (secondary N) is 1. The predicted octanol–water partition coefficient (Wildman–Crippen LogP) is 0.0186. The summed E-state index contributed by atoms with van der Waals surface area (Å²) < 4.78 is 0. The molecule has 52 valence electrons. The highest BCUT2D eigenvalue weighted by atomic mass is 16.3. The Labute approximate surface area is 54.4 Å². The molecular weight excluding hydrogens is 118 g/mol. The van der Waals surface area contributed by atoms with Crippen LogP contribution in [0, 0.1) is 0 Å². The molecule has 0 saturated carbocycles. The summed E-state index contributed by atoms with van der Waals surface area (Å²) in [6.07, 6.45) is 2.21. The Morgan fingerprint density at radius 1 is 1.78 bits per heavy atom. The van der Waals surface area contributed by atoms with Crippen molar-refractivity contribution in [2.45, 2.75) is 12.8 Å². The summed E-state index contributed by atoms with van der Waals surface area (Å²) in [4.78, 5) is 10.5. The first-order chi connectivity index (χ1) is 4.31. The van der Waals surface area contributed by atoms with Crippen molar-refractivity contribution in [2.24, 2.45) is 0 Å². The van der Waals surface area contributed by atoms with Gasteiger partial charge in [-0.05, 0) is 12.6 Å². The van der Waals surface area contributed by atoms with Crippen molar-refractivity contribution in [1.29, 1.82) is 0 Å². The quantitative estimate of drug-likeness (QED) is 0.562. The topological polar surface area (TPSA) is 49.3 Å². The highest BCUT2D eigenvalue weighted by molar-refractivity contribution is 5.76. The van der Waals surface area contributed by atoms with Gasteiger partial charge in [-0.3, -0.25) is 4.79 Å². The van der Waals surface area contributed by atoms with Crippen LogP contribution in [0.2, 0.25) is 0 Å². The van der Waals surface area contributed by atoms with Gasteiger partial charge in [-0.2, -0.15) is 0 Å². The van der Waals surface area contributed by atoms with E-state index < -0.39 is 0 Å². The third-order valence-corrected chi connectivity index (χ3v) is 0.825. The zero-order chi connectivity index (χ0) is 7.11. The third kappa shape index (κ3) is 5.03. The van der Waals surface area contributed by atoms with Crippen LogP contribution < -0.4 is 5.32 Å². The molecule has 0 radical (unpaired) electrons. The van der Waals surface area contributed by atoms with Gasteiger partial charge < -0.3 is 10.4 Å². The molecule has 0 aliphatic heterocycles. The summed E-state index contributed by atoms with van der Waals surface area (Å²) in [6, 6.07) is 0. The van der Waals surface area contributed by atoms with Crippen molar-refractivity contribution in [1.82, 2.24) is 5.32 Å². The Bertz CT molecular complexity index is 101. The minimum atomic E-state index is -0.0981. The summed E-state index contributed by atoms with van der Waals surface area (Å²) in [7, 11) is 0. The molecule has 0 aliphatic carbocycles. The Morgan fingerprint density at radius 3 is 2.89 bits per heavy atom. The Kier molecular flexibility index (Phi) is 4.82. The smallest absolute Gasteiger partial charge is 0.223 e. The molecule has 0 heterocycles. The monoisotopic (exact) mass is 129 g/mol. The van der Waals surface area contributed by atoms with Crippen LogP contribution in [-0.2, 0) is 4.79 Å².